The van der Waals surface area contributed by atoms with Gasteiger partial charge in [-0.25, -0.2) is 4.79 Å². The van der Waals surface area contributed by atoms with Crippen LogP contribution in [0.4, 0.5) is 0 Å². The molecule has 0 amide bonds. The number of methoxy groups -OCH3 is 2. The van der Waals surface area contributed by atoms with Crippen molar-refractivity contribution in [3.63, 3.8) is 0 Å². The number of ether oxygens (including phenoxy) is 2. The van der Waals surface area contributed by atoms with Crippen LogP contribution in [0, 0.1) is 0 Å². The predicted molar refractivity (Wildman–Crippen MR) is 57.3 cm³/mol. The molecule has 0 radical (unpaired) electrons. The molecule has 0 bridgehead atoms. The Bertz CT molecular complexity index is 585. The SMILES string of the molecule is COc1ccc2cc(=O)oc(O)c2c1OC. The largest absolute Gasteiger partial charge is 0.493 e. The first kappa shape index (κ1) is 10.4. The Hall–Kier alpha value is -2.17. The summed E-state index contributed by atoms with van der Waals surface area (Å²) in [4.78, 5) is 11.1. The Morgan fingerprint density at radius 3 is 2.62 bits per heavy atom. The number of benzene rings is 1. The number of hydrogen-bond donors (Lipinski definition) is 1. The summed E-state index contributed by atoms with van der Waals surface area (Å²) in [5, 5.41) is 10.4. The van der Waals surface area contributed by atoms with Gasteiger partial charge in [-0.05, 0) is 12.1 Å². The van der Waals surface area contributed by atoms with Crippen molar-refractivity contribution < 1.29 is 19.0 Å². The molecule has 1 N–H and O–H groups in total. The van der Waals surface area contributed by atoms with Crippen molar-refractivity contribution >= 4 is 10.8 Å². The molecule has 2 aromatic rings. The van der Waals surface area contributed by atoms with E-state index in [0.29, 0.717) is 22.3 Å². The average Bonchev–Trinajstić information content (AvgIpc) is 2.27. The summed E-state index contributed by atoms with van der Waals surface area (Å²) in [5.41, 5.74) is -0.614. The summed E-state index contributed by atoms with van der Waals surface area (Å²) in [7, 11) is 2.93. The van der Waals surface area contributed by atoms with E-state index in [1.54, 1.807) is 12.1 Å². The van der Waals surface area contributed by atoms with Crippen LogP contribution >= 0.6 is 0 Å². The molecular formula is C11H10O5. The van der Waals surface area contributed by atoms with Crippen LogP contribution in [0.3, 0.4) is 0 Å². The fraction of sp³-hybridized carbons (Fsp3) is 0.182. The lowest BCUT2D eigenvalue weighted by Crippen LogP contribution is -1.98. The van der Waals surface area contributed by atoms with Gasteiger partial charge in [0.15, 0.2) is 11.5 Å². The van der Waals surface area contributed by atoms with E-state index < -0.39 is 11.6 Å². The monoisotopic (exact) mass is 222 g/mol. The van der Waals surface area contributed by atoms with Crippen LogP contribution in [-0.4, -0.2) is 19.3 Å². The molecule has 0 saturated heterocycles. The molecule has 1 aromatic heterocycles. The Kier molecular flexibility index (Phi) is 2.44. The lowest BCUT2D eigenvalue weighted by molar-refractivity contribution is 0.312. The zero-order valence-corrected chi connectivity index (χ0v) is 8.81. The Labute approximate surface area is 90.8 Å². The van der Waals surface area contributed by atoms with Crippen LogP contribution in [0.1, 0.15) is 0 Å². The van der Waals surface area contributed by atoms with Crippen molar-refractivity contribution in [2.45, 2.75) is 0 Å². The first-order chi connectivity index (χ1) is 7.67. The summed E-state index contributed by atoms with van der Waals surface area (Å²) in [5.74, 6) is 0.318. The standard InChI is InChI=1S/C11H10O5/c1-14-7-4-3-6-5-8(12)16-11(13)9(6)10(7)15-2/h3-5,13H,1-2H3. The summed E-state index contributed by atoms with van der Waals surface area (Å²) >= 11 is 0. The van der Waals surface area contributed by atoms with E-state index >= 15 is 0 Å². The van der Waals surface area contributed by atoms with E-state index in [1.807, 2.05) is 0 Å². The lowest BCUT2D eigenvalue weighted by atomic mass is 10.1. The minimum atomic E-state index is -0.614. The van der Waals surface area contributed by atoms with Crippen molar-refractivity contribution in [3.05, 3.63) is 28.6 Å². The van der Waals surface area contributed by atoms with Gasteiger partial charge in [-0.1, -0.05) is 0 Å². The van der Waals surface area contributed by atoms with Gasteiger partial charge < -0.3 is 19.0 Å². The second-order valence-electron chi connectivity index (χ2n) is 3.14. The average molecular weight is 222 g/mol. The minimum Gasteiger partial charge on any atom is -0.493 e. The molecule has 5 heteroatoms. The van der Waals surface area contributed by atoms with E-state index in [1.165, 1.54) is 20.3 Å². The Morgan fingerprint density at radius 2 is 2.00 bits per heavy atom. The molecule has 5 nitrogen and oxygen atoms in total. The van der Waals surface area contributed by atoms with E-state index in [0.717, 1.165) is 0 Å². The molecule has 84 valence electrons. The van der Waals surface area contributed by atoms with Crippen LogP contribution in [-0.2, 0) is 0 Å². The van der Waals surface area contributed by atoms with Crippen LogP contribution in [0.25, 0.3) is 10.8 Å². The van der Waals surface area contributed by atoms with Gasteiger partial charge in [0, 0.05) is 11.5 Å². The maximum atomic E-state index is 11.1. The number of hydrogen-bond acceptors (Lipinski definition) is 5. The molecule has 1 aromatic carbocycles. The van der Waals surface area contributed by atoms with Crippen molar-refractivity contribution in [2.24, 2.45) is 0 Å². The molecule has 0 aliphatic rings. The Balaban J connectivity index is 2.92. The normalized spacial score (nSPS) is 10.4. The third kappa shape index (κ3) is 1.46. The molecule has 1 heterocycles. The first-order valence-electron chi connectivity index (χ1n) is 4.55. The van der Waals surface area contributed by atoms with Crippen molar-refractivity contribution in [2.75, 3.05) is 14.2 Å². The summed E-state index contributed by atoms with van der Waals surface area (Å²) in [6.45, 7) is 0. The van der Waals surface area contributed by atoms with E-state index in [-0.39, 0.29) is 0 Å². The van der Waals surface area contributed by atoms with Gasteiger partial charge in [-0.3, -0.25) is 0 Å². The van der Waals surface area contributed by atoms with Gasteiger partial charge in [-0.2, -0.15) is 0 Å². The van der Waals surface area contributed by atoms with Crippen LogP contribution < -0.4 is 15.1 Å². The second kappa shape index (κ2) is 3.77. The van der Waals surface area contributed by atoms with Crippen LogP contribution in [0.5, 0.6) is 17.4 Å². The van der Waals surface area contributed by atoms with Crippen molar-refractivity contribution in [1.29, 1.82) is 0 Å². The first-order valence-corrected chi connectivity index (χ1v) is 4.55. The van der Waals surface area contributed by atoms with Gasteiger partial charge >= 0.3 is 5.63 Å². The summed E-state index contributed by atoms with van der Waals surface area (Å²) in [6, 6.07) is 4.57. The highest BCUT2D eigenvalue weighted by atomic mass is 16.5. The topological polar surface area (TPSA) is 68.9 Å². The highest BCUT2D eigenvalue weighted by Crippen LogP contribution is 2.39. The third-order valence-corrected chi connectivity index (χ3v) is 2.26. The van der Waals surface area contributed by atoms with Crippen molar-refractivity contribution in [1.82, 2.24) is 0 Å². The van der Waals surface area contributed by atoms with E-state index in [9.17, 15) is 9.90 Å². The van der Waals surface area contributed by atoms with Crippen LogP contribution in [0.2, 0.25) is 0 Å². The highest BCUT2D eigenvalue weighted by Gasteiger charge is 2.14. The van der Waals surface area contributed by atoms with E-state index in [2.05, 4.69) is 4.42 Å². The molecule has 2 rings (SSSR count). The molecule has 0 fully saturated rings. The molecule has 0 unspecified atom stereocenters. The molecule has 0 aliphatic heterocycles. The summed E-state index contributed by atoms with van der Waals surface area (Å²) < 4.78 is 14.8. The van der Waals surface area contributed by atoms with Gasteiger partial charge in [0.25, 0.3) is 5.95 Å². The fourth-order valence-electron chi connectivity index (χ4n) is 1.59. The van der Waals surface area contributed by atoms with Gasteiger partial charge in [-0.15, -0.1) is 0 Å². The third-order valence-electron chi connectivity index (χ3n) is 2.26. The molecule has 16 heavy (non-hydrogen) atoms. The van der Waals surface area contributed by atoms with Crippen molar-refractivity contribution in [3.8, 4) is 17.4 Å². The summed E-state index contributed by atoms with van der Waals surface area (Å²) in [6.07, 6.45) is 0. The molecule has 0 aliphatic carbocycles. The Morgan fingerprint density at radius 1 is 1.25 bits per heavy atom. The zero-order chi connectivity index (χ0) is 11.7. The number of rotatable bonds is 2. The molecule has 0 saturated carbocycles. The minimum absolute atomic E-state index is 0.321. The predicted octanol–water partition coefficient (Wildman–Crippen LogP) is 1.52. The maximum absolute atomic E-state index is 11.1. The molecule has 0 spiro atoms. The lowest BCUT2D eigenvalue weighted by Gasteiger charge is -2.10. The number of fused-ring (bicyclic) bond motifs is 1. The zero-order valence-electron chi connectivity index (χ0n) is 8.81. The number of aromatic hydroxyl groups is 1. The molecular weight excluding hydrogens is 212 g/mol. The van der Waals surface area contributed by atoms with Gasteiger partial charge in [0.2, 0.25) is 0 Å². The van der Waals surface area contributed by atoms with Crippen LogP contribution in [0.15, 0.2) is 27.4 Å². The molecule has 0 atom stereocenters. The quantitative estimate of drug-likeness (QED) is 0.834. The smallest absolute Gasteiger partial charge is 0.339 e. The van der Waals surface area contributed by atoms with Gasteiger partial charge in [0.05, 0.1) is 14.2 Å². The van der Waals surface area contributed by atoms with Gasteiger partial charge in [0.1, 0.15) is 5.39 Å². The second-order valence-corrected chi connectivity index (χ2v) is 3.14. The van der Waals surface area contributed by atoms with E-state index in [4.69, 9.17) is 9.47 Å². The maximum Gasteiger partial charge on any atom is 0.339 e. The fourth-order valence-corrected chi connectivity index (χ4v) is 1.59. The highest BCUT2D eigenvalue weighted by molar-refractivity contribution is 5.93.